The van der Waals surface area contributed by atoms with E-state index in [1.54, 1.807) is 24.0 Å². The Kier molecular flexibility index (Phi) is 6.92. The Bertz CT molecular complexity index is 1420. The van der Waals surface area contributed by atoms with E-state index in [-0.39, 0.29) is 11.9 Å². The third-order valence-electron chi connectivity index (χ3n) is 7.23. The highest BCUT2D eigenvalue weighted by Gasteiger charge is 2.19. The standard InChI is InChI=1S/C29H32N6O2/c1-30-29(37)35-17-13-23-18-24(8-9-26(23)35)34(3)25-10-14-31-27(19-25)32-28(36)22-6-4-20(5-7-22)21-11-15-33(2)16-12-21/h4-10,13-14,17-19,21H,11-12,15-16H2,1-3H3,(H,30,37)(H,31,32,36). The van der Waals surface area contributed by atoms with E-state index in [9.17, 15) is 9.59 Å². The van der Waals surface area contributed by atoms with E-state index in [1.165, 1.54) is 5.56 Å². The van der Waals surface area contributed by atoms with Gasteiger partial charge in [-0.25, -0.2) is 9.78 Å². The predicted molar refractivity (Wildman–Crippen MR) is 148 cm³/mol. The summed E-state index contributed by atoms with van der Waals surface area (Å²) in [7, 11) is 5.73. The lowest BCUT2D eigenvalue weighted by Crippen LogP contribution is -2.29. The summed E-state index contributed by atoms with van der Waals surface area (Å²) < 4.78 is 1.58. The van der Waals surface area contributed by atoms with Gasteiger partial charge in [-0.3, -0.25) is 9.36 Å². The Hall–Kier alpha value is -4.17. The van der Waals surface area contributed by atoms with E-state index in [4.69, 9.17) is 0 Å². The maximum Gasteiger partial charge on any atom is 0.325 e. The zero-order chi connectivity index (χ0) is 25.9. The van der Waals surface area contributed by atoms with Gasteiger partial charge in [0, 0.05) is 54.9 Å². The van der Waals surface area contributed by atoms with Crippen molar-refractivity contribution in [1.82, 2.24) is 19.8 Å². The van der Waals surface area contributed by atoms with E-state index in [2.05, 4.69) is 39.7 Å². The van der Waals surface area contributed by atoms with Crippen molar-refractivity contribution < 1.29 is 9.59 Å². The van der Waals surface area contributed by atoms with Crippen LogP contribution in [-0.2, 0) is 0 Å². The van der Waals surface area contributed by atoms with E-state index in [0.29, 0.717) is 17.3 Å². The fourth-order valence-electron chi connectivity index (χ4n) is 4.92. The lowest BCUT2D eigenvalue weighted by molar-refractivity contribution is 0.102. The maximum absolute atomic E-state index is 12.9. The average Bonchev–Trinajstić information content (AvgIpc) is 3.36. The average molecular weight is 497 g/mol. The Labute approximate surface area is 216 Å². The summed E-state index contributed by atoms with van der Waals surface area (Å²) in [6.07, 6.45) is 5.75. The van der Waals surface area contributed by atoms with Crippen molar-refractivity contribution in [2.45, 2.75) is 18.8 Å². The topological polar surface area (TPSA) is 82.5 Å². The van der Waals surface area contributed by atoms with Crippen LogP contribution in [0, 0.1) is 0 Å². The molecule has 2 aromatic carbocycles. The monoisotopic (exact) mass is 496 g/mol. The maximum atomic E-state index is 12.9. The van der Waals surface area contributed by atoms with Crippen LogP contribution in [0.5, 0.6) is 0 Å². The fraction of sp³-hybridized carbons (Fsp3) is 0.276. The Morgan fingerprint density at radius 1 is 0.973 bits per heavy atom. The number of nitrogens with one attached hydrogen (secondary N) is 2. The van der Waals surface area contributed by atoms with Gasteiger partial charge in [-0.1, -0.05) is 12.1 Å². The Balaban J connectivity index is 1.28. The van der Waals surface area contributed by atoms with Crippen LogP contribution in [-0.4, -0.2) is 60.6 Å². The van der Waals surface area contributed by atoms with Gasteiger partial charge in [0.05, 0.1) is 5.52 Å². The smallest absolute Gasteiger partial charge is 0.325 e. The summed E-state index contributed by atoms with van der Waals surface area (Å²) in [6, 6.07) is 19.4. The molecule has 2 N–H and O–H groups in total. The molecule has 3 heterocycles. The first-order chi connectivity index (χ1) is 17.9. The number of hydrogen-bond acceptors (Lipinski definition) is 5. The quantitative estimate of drug-likeness (QED) is 0.404. The molecule has 0 saturated carbocycles. The van der Waals surface area contributed by atoms with Crippen LogP contribution >= 0.6 is 0 Å². The van der Waals surface area contributed by atoms with Crippen molar-refractivity contribution in [2.24, 2.45) is 0 Å². The van der Waals surface area contributed by atoms with Crippen molar-refractivity contribution in [3.8, 4) is 0 Å². The van der Waals surface area contributed by atoms with Crippen molar-refractivity contribution >= 4 is 40.0 Å². The van der Waals surface area contributed by atoms with E-state index in [0.717, 1.165) is 48.2 Å². The second-order valence-electron chi connectivity index (χ2n) is 9.60. The third kappa shape index (κ3) is 5.20. The SMILES string of the molecule is CNC(=O)n1ccc2cc(N(C)c3ccnc(NC(=O)c4ccc(C5CCN(C)CC5)cc4)c3)ccc21. The van der Waals surface area contributed by atoms with Gasteiger partial charge >= 0.3 is 6.03 Å². The number of benzene rings is 2. The number of carbonyl (C=O) groups excluding carboxylic acids is 2. The van der Waals surface area contributed by atoms with Crippen LogP contribution in [0.15, 0.2) is 73.1 Å². The molecule has 1 saturated heterocycles. The molecular weight excluding hydrogens is 464 g/mol. The highest BCUT2D eigenvalue weighted by Crippen LogP contribution is 2.30. The first-order valence-corrected chi connectivity index (χ1v) is 12.6. The van der Waals surface area contributed by atoms with Crippen LogP contribution in [0.4, 0.5) is 22.0 Å². The molecule has 8 heteroatoms. The molecule has 1 aliphatic heterocycles. The summed E-state index contributed by atoms with van der Waals surface area (Å²) in [5, 5.41) is 6.53. The first kappa shape index (κ1) is 24.5. The molecule has 0 atom stereocenters. The molecule has 0 unspecified atom stereocenters. The number of nitrogens with zero attached hydrogens (tertiary/aromatic N) is 4. The van der Waals surface area contributed by atoms with Gasteiger partial charge in [0.25, 0.3) is 5.91 Å². The summed E-state index contributed by atoms with van der Waals surface area (Å²) >= 11 is 0. The predicted octanol–water partition coefficient (Wildman–Crippen LogP) is 5.05. The normalized spacial score (nSPS) is 14.5. The number of hydrogen-bond donors (Lipinski definition) is 2. The summed E-state index contributed by atoms with van der Waals surface area (Å²) in [5.74, 6) is 0.864. The minimum Gasteiger partial charge on any atom is -0.344 e. The van der Waals surface area contributed by atoms with E-state index < -0.39 is 0 Å². The Morgan fingerprint density at radius 2 is 1.70 bits per heavy atom. The van der Waals surface area contributed by atoms with Gasteiger partial charge in [-0.15, -0.1) is 0 Å². The lowest BCUT2D eigenvalue weighted by atomic mass is 9.89. The summed E-state index contributed by atoms with van der Waals surface area (Å²) in [4.78, 5) is 33.7. The molecule has 0 radical (unpaired) electrons. The number of carbonyl (C=O) groups is 2. The summed E-state index contributed by atoms with van der Waals surface area (Å²) in [5.41, 5.74) is 4.58. The van der Waals surface area contributed by atoms with Gasteiger partial charge in [-0.05, 0) is 86.9 Å². The number of pyridine rings is 1. The van der Waals surface area contributed by atoms with Crippen molar-refractivity contribution in [3.05, 3.63) is 84.2 Å². The zero-order valence-corrected chi connectivity index (χ0v) is 21.4. The minimum atomic E-state index is -0.181. The van der Waals surface area contributed by atoms with Gasteiger partial charge in [0.1, 0.15) is 5.82 Å². The van der Waals surface area contributed by atoms with E-state index in [1.807, 2.05) is 60.5 Å². The van der Waals surface area contributed by atoms with Crippen LogP contribution in [0.1, 0.15) is 34.7 Å². The molecule has 1 fully saturated rings. The number of anilines is 3. The fourth-order valence-corrected chi connectivity index (χ4v) is 4.92. The molecule has 0 bridgehead atoms. The van der Waals surface area contributed by atoms with Gasteiger partial charge < -0.3 is 20.4 Å². The largest absolute Gasteiger partial charge is 0.344 e. The molecule has 0 aliphatic carbocycles. The molecule has 2 amide bonds. The lowest BCUT2D eigenvalue weighted by Gasteiger charge is -2.29. The number of fused-ring (bicyclic) bond motifs is 1. The molecule has 190 valence electrons. The van der Waals surface area contributed by atoms with Crippen LogP contribution in [0.2, 0.25) is 0 Å². The first-order valence-electron chi connectivity index (χ1n) is 12.6. The number of aromatic nitrogens is 2. The Morgan fingerprint density at radius 3 is 2.43 bits per heavy atom. The second-order valence-corrected chi connectivity index (χ2v) is 9.60. The van der Waals surface area contributed by atoms with Gasteiger partial charge in [0.2, 0.25) is 0 Å². The molecule has 4 aromatic rings. The highest BCUT2D eigenvalue weighted by molar-refractivity contribution is 6.04. The van der Waals surface area contributed by atoms with Gasteiger partial charge in [0.15, 0.2) is 0 Å². The number of piperidine rings is 1. The molecule has 2 aromatic heterocycles. The van der Waals surface area contributed by atoms with Crippen molar-refractivity contribution in [3.63, 3.8) is 0 Å². The molecular formula is C29H32N6O2. The minimum absolute atomic E-state index is 0.179. The molecule has 8 nitrogen and oxygen atoms in total. The van der Waals surface area contributed by atoms with Crippen molar-refractivity contribution in [2.75, 3.05) is 44.4 Å². The third-order valence-corrected chi connectivity index (χ3v) is 7.23. The van der Waals surface area contributed by atoms with Crippen LogP contribution in [0.3, 0.4) is 0 Å². The molecule has 0 spiro atoms. The van der Waals surface area contributed by atoms with E-state index >= 15 is 0 Å². The van der Waals surface area contributed by atoms with Crippen molar-refractivity contribution in [1.29, 1.82) is 0 Å². The summed E-state index contributed by atoms with van der Waals surface area (Å²) in [6.45, 7) is 2.22. The van der Waals surface area contributed by atoms with Crippen LogP contribution in [0.25, 0.3) is 10.9 Å². The second kappa shape index (κ2) is 10.4. The zero-order valence-electron chi connectivity index (χ0n) is 21.4. The van der Waals surface area contributed by atoms with Gasteiger partial charge in [-0.2, -0.15) is 0 Å². The highest BCUT2D eigenvalue weighted by atomic mass is 16.2. The van der Waals surface area contributed by atoms with Crippen LogP contribution < -0.4 is 15.5 Å². The number of rotatable bonds is 5. The molecule has 1 aliphatic rings. The molecule has 37 heavy (non-hydrogen) atoms. The number of amides is 2. The molecule has 5 rings (SSSR count). The number of likely N-dealkylation sites (tertiary alicyclic amines) is 1.